The van der Waals surface area contributed by atoms with Gasteiger partial charge in [0.05, 0.1) is 35.0 Å². The minimum atomic E-state index is 0.710. The molecule has 0 spiro atoms. The quantitative estimate of drug-likeness (QED) is 0.411. The molecule has 0 atom stereocenters. The first kappa shape index (κ1) is 21.4. The lowest BCUT2D eigenvalue weighted by Crippen LogP contribution is -2.31. The summed E-state index contributed by atoms with van der Waals surface area (Å²) in [6, 6.07) is 8.36. The lowest BCUT2D eigenvalue weighted by Gasteiger charge is -2.31. The molecule has 1 aliphatic heterocycles. The van der Waals surface area contributed by atoms with Gasteiger partial charge in [0.1, 0.15) is 5.82 Å². The molecule has 5 rings (SSSR count). The van der Waals surface area contributed by atoms with E-state index in [0.29, 0.717) is 11.5 Å². The van der Waals surface area contributed by atoms with Crippen LogP contribution in [0.3, 0.4) is 0 Å². The minimum absolute atomic E-state index is 0.710. The van der Waals surface area contributed by atoms with Crippen LogP contribution >= 0.6 is 0 Å². The van der Waals surface area contributed by atoms with Crippen LogP contribution in [0.2, 0.25) is 0 Å². The molecule has 0 bridgehead atoms. The molecule has 0 saturated heterocycles. The van der Waals surface area contributed by atoms with Gasteiger partial charge < -0.3 is 23.5 Å². The maximum Gasteiger partial charge on any atom is 0.161 e. The van der Waals surface area contributed by atoms with Crippen LogP contribution in [0.25, 0.3) is 21.5 Å². The first-order valence-electron chi connectivity index (χ1n) is 11.0. The number of nitrogens with zero attached hydrogens (tertiary/aromatic N) is 3. The average Bonchev–Trinajstić information content (AvgIpc) is 3.26. The van der Waals surface area contributed by atoms with Crippen molar-refractivity contribution in [2.24, 2.45) is 7.05 Å². The van der Waals surface area contributed by atoms with Gasteiger partial charge in [-0.25, -0.2) is 4.98 Å². The smallest absolute Gasteiger partial charge is 0.161 e. The number of aryl methyl sites for hydroxylation is 1. The van der Waals surface area contributed by atoms with Crippen molar-refractivity contribution < 1.29 is 18.9 Å². The van der Waals surface area contributed by atoms with Crippen LogP contribution in [0.5, 0.6) is 23.0 Å². The molecule has 0 radical (unpaired) electrons. The van der Waals surface area contributed by atoms with Crippen molar-refractivity contribution in [1.29, 1.82) is 0 Å². The number of imidazole rings is 1. The molecular weight excluding hydrogens is 418 g/mol. The van der Waals surface area contributed by atoms with Gasteiger partial charge in [-0.3, -0.25) is 4.90 Å². The maximum absolute atomic E-state index is 5.66. The number of methoxy groups -OCH3 is 4. The van der Waals surface area contributed by atoms with E-state index in [1.165, 1.54) is 21.9 Å². The SMILES string of the molecule is COc1cc2c3c(c4cc(OC)c(OC)cc4c2cc1OC)CN(Cc1nccn1C)CC3. The molecular formula is C26H29N3O4. The zero-order valence-corrected chi connectivity index (χ0v) is 19.8. The molecule has 1 aliphatic rings. The second-order valence-electron chi connectivity index (χ2n) is 8.38. The Balaban J connectivity index is 1.75. The third-order valence-corrected chi connectivity index (χ3v) is 6.70. The lowest BCUT2D eigenvalue weighted by atomic mass is 9.87. The fourth-order valence-corrected chi connectivity index (χ4v) is 4.95. The van der Waals surface area contributed by atoms with Crippen molar-refractivity contribution in [1.82, 2.24) is 14.5 Å². The van der Waals surface area contributed by atoms with E-state index in [9.17, 15) is 0 Å². The molecule has 0 saturated carbocycles. The summed E-state index contributed by atoms with van der Waals surface area (Å²) in [6.07, 6.45) is 4.79. The molecule has 0 aliphatic carbocycles. The normalized spacial score (nSPS) is 13.8. The highest BCUT2D eigenvalue weighted by molar-refractivity contribution is 6.12. The van der Waals surface area contributed by atoms with Crippen molar-refractivity contribution in [3.05, 3.63) is 53.6 Å². The van der Waals surface area contributed by atoms with Gasteiger partial charge in [-0.2, -0.15) is 0 Å². The molecule has 7 heteroatoms. The predicted octanol–water partition coefficient (Wildman–Crippen LogP) is 4.32. The van der Waals surface area contributed by atoms with E-state index in [0.717, 1.165) is 54.2 Å². The van der Waals surface area contributed by atoms with E-state index in [1.54, 1.807) is 28.4 Å². The predicted molar refractivity (Wildman–Crippen MR) is 129 cm³/mol. The van der Waals surface area contributed by atoms with Crippen LogP contribution in [0.4, 0.5) is 0 Å². The molecule has 0 fully saturated rings. The van der Waals surface area contributed by atoms with Crippen molar-refractivity contribution in [2.45, 2.75) is 19.5 Å². The van der Waals surface area contributed by atoms with Crippen LogP contribution in [-0.4, -0.2) is 49.4 Å². The van der Waals surface area contributed by atoms with Gasteiger partial charge >= 0.3 is 0 Å². The highest BCUT2D eigenvalue weighted by Crippen LogP contribution is 2.44. The molecule has 1 aromatic heterocycles. The first-order chi connectivity index (χ1) is 16.1. The molecule has 7 nitrogen and oxygen atoms in total. The molecule has 4 aromatic rings. The number of benzene rings is 3. The number of aromatic nitrogens is 2. The number of hydrogen-bond acceptors (Lipinski definition) is 6. The summed E-state index contributed by atoms with van der Waals surface area (Å²) in [7, 11) is 8.74. The summed E-state index contributed by atoms with van der Waals surface area (Å²) in [5, 5.41) is 4.60. The number of hydrogen-bond donors (Lipinski definition) is 0. The van der Waals surface area contributed by atoms with Crippen molar-refractivity contribution in [3.8, 4) is 23.0 Å². The zero-order valence-electron chi connectivity index (χ0n) is 19.8. The van der Waals surface area contributed by atoms with Gasteiger partial charge in [0.15, 0.2) is 23.0 Å². The zero-order chi connectivity index (χ0) is 23.1. The molecule has 3 aromatic carbocycles. The first-order valence-corrected chi connectivity index (χ1v) is 11.0. The third kappa shape index (κ3) is 3.53. The summed E-state index contributed by atoms with van der Waals surface area (Å²) in [5.41, 5.74) is 2.66. The van der Waals surface area contributed by atoms with Crippen LogP contribution in [-0.2, 0) is 26.6 Å². The molecule has 0 unspecified atom stereocenters. The lowest BCUT2D eigenvalue weighted by molar-refractivity contribution is 0.239. The Kier molecular flexibility index (Phi) is 5.50. The summed E-state index contributed by atoms with van der Waals surface area (Å²) in [6.45, 7) is 2.60. The van der Waals surface area contributed by atoms with Gasteiger partial charge in [-0.1, -0.05) is 0 Å². The number of rotatable bonds is 6. The molecule has 172 valence electrons. The van der Waals surface area contributed by atoms with E-state index in [4.69, 9.17) is 18.9 Å². The Bertz CT molecular complexity index is 1350. The Hall–Kier alpha value is -3.45. The standard InChI is InChI=1S/C26H29N3O4/c1-28-9-7-27-26(28)15-29-8-6-16-17-10-22(30-2)23(31-3)11-18(17)19-12-24(32-4)25(33-5)13-20(19)21(16)14-29/h7,9-13H,6,8,14-15H2,1-5H3. The Morgan fingerprint density at radius 2 is 1.27 bits per heavy atom. The summed E-state index contributed by atoms with van der Waals surface area (Å²) in [5.74, 6) is 3.96. The van der Waals surface area contributed by atoms with Crippen LogP contribution in [0, 0.1) is 0 Å². The van der Waals surface area contributed by atoms with E-state index >= 15 is 0 Å². The van der Waals surface area contributed by atoms with Gasteiger partial charge in [-0.05, 0) is 63.4 Å². The summed E-state index contributed by atoms with van der Waals surface area (Å²) >= 11 is 0. The summed E-state index contributed by atoms with van der Waals surface area (Å²) in [4.78, 5) is 6.98. The number of fused-ring (bicyclic) bond motifs is 6. The van der Waals surface area contributed by atoms with Crippen molar-refractivity contribution in [2.75, 3.05) is 35.0 Å². The Morgan fingerprint density at radius 1 is 0.758 bits per heavy atom. The van der Waals surface area contributed by atoms with E-state index in [-0.39, 0.29) is 0 Å². The van der Waals surface area contributed by atoms with Gasteiger partial charge in [0, 0.05) is 32.5 Å². The van der Waals surface area contributed by atoms with Crippen molar-refractivity contribution >= 4 is 21.5 Å². The van der Waals surface area contributed by atoms with Crippen LogP contribution in [0.1, 0.15) is 17.0 Å². The molecule has 33 heavy (non-hydrogen) atoms. The summed E-state index contributed by atoms with van der Waals surface area (Å²) < 4.78 is 24.7. The highest BCUT2D eigenvalue weighted by Gasteiger charge is 2.25. The van der Waals surface area contributed by atoms with Gasteiger partial charge in [-0.15, -0.1) is 0 Å². The van der Waals surface area contributed by atoms with Crippen LogP contribution in [0.15, 0.2) is 36.7 Å². The maximum atomic E-state index is 5.66. The largest absolute Gasteiger partial charge is 0.493 e. The second kappa shape index (κ2) is 8.48. The Morgan fingerprint density at radius 3 is 1.76 bits per heavy atom. The third-order valence-electron chi connectivity index (χ3n) is 6.70. The van der Waals surface area contributed by atoms with E-state index in [2.05, 4.69) is 38.7 Å². The molecule has 0 amide bonds. The molecule has 0 N–H and O–H groups in total. The fourth-order valence-electron chi connectivity index (χ4n) is 4.95. The average molecular weight is 448 g/mol. The van der Waals surface area contributed by atoms with Crippen molar-refractivity contribution in [3.63, 3.8) is 0 Å². The van der Waals surface area contributed by atoms with E-state index in [1.807, 2.05) is 19.4 Å². The monoisotopic (exact) mass is 447 g/mol. The van der Waals surface area contributed by atoms with Crippen LogP contribution < -0.4 is 18.9 Å². The van der Waals surface area contributed by atoms with E-state index < -0.39 is 0 Å². The number of ether oxygens (including phenoxy) is 4. The molecule has 2 heterocycles. The highest BCUT2D eigenvalue weighted by atomic mass is 16.5. The second-order valence-corrected chi connectivity index (χ2v) is 8.38. The minimum Gasteiger partial charge on any atom is -0.493 e. The van der Waals surface area contributed by atoms with Gasteiger partial charge in [0.2, 0.25) is 0 Å². The fraction of sp³-hybridized carbons (Fsp3) is 0.346. The topological polar surface area (TPSA) is 58.0 Å². The Labute approximate surface area is 193 Å². The van der Waals surface area contributed by atoms with Gasteiger partial charge in [0.25, 0.3) is 0 Å².